The number of phenolic OH excluding ortho intramolecular Hbond substituents is 1. The van der Waals surface area contributed by atoms with E-state index in [2.05, 4.69) is 49.4 Å². The van der Waals surface area contributed by atoms with Crippen LogP contribution in [0.3, 0.4) is 0 Å². The molecule has 1 unspecified atom stereocenters. The molecule has 0 amide bonds. The molecule has 5 heteroatoms. The van der Waals surface area contributed by atoms with Crippen molar-refractivity contribution in [3.05, 3.63) is 65.7 Å². The van der Waals surface area contributed by atoms with Crippen LogP contribution in [0.15, 0.2) is 54.6 Å². The summed E-state index contributed by atoms with van der Waals surface area (Å²) in [5, 5.41) is 11.1. The average molecular weight is 475 g/mol. The number of methoxy groups -OCH3 is 1. The van der Waals surface area contributed by atoms with Crippen molar-refractivity contribution in [2.75, 3.05) is 7.11 Å². The van der Waals surface area contributed by atoms with Gasteiger partial charge in [-0.2, -0.15) is 4.89 Å². The lowest BCUT2D eigenvalue weighted by Gasteiger charge is -2.68. The highest BCUT2D eigenvalue weighted by molar-refractivity contribution is 7.18. The Morgan fingerprint density at radius 3 is 2.12 bits per heavy atom. The van der Waals surface area contributed by atoms with Crippen molar-refractivity contribution < 1.29 is 19.6 Å². The van der Waals surface area contributed by atoms with Gasteiger partial charge in [0.15, 0.2) is 5.60 Å². The third-order valence-corrected chi connectivity index (χ3v) is 10.2. The van der Waals surface area contributed by atoms with Gasteiger partial charge in [0, 0.05) is 28.0 Å². The average Bonchev–Trinajstić information content (AvgIpc) is 3.29. The molecule has 4 nitrogen and oxygen atoms in total. The van der Waals surface area contributed by atoms with E-state index in [4.69, 9.17) is 14.5 Å². The standard InChI is InChI=1S/C29H30O4S/c1-17-3-5-20(6-4-17)26-9-10-27(34-26)24-8-7-21(16-25(24)30)29(31-2)28(32-33-29)22-12-18-11-19(14-22)15-23(28)13-18/h3-10,16,18-19,22-23,30H,11-15H2,1-2H3. The smallest absolute Gasteiger partial charge is 0.260 e. The SMILES string of the molecule is COC1(c2ccc(-c3ccc(-c4ccc(C)cc4)s3)c(O)c2)OOC12C1CC3CC(C1)CC2C3. The molecule has 5 aliphatic rings. The van der Waals surface area contributed by atoms with E-state index in [1.807, 2.05) is 12.1 Å². The molecule has 5 fully saturated rings. The Bertz CT molecular complexity index is 1210. The van der Waals surface area contributed by atoms with Crippen LogP contribution in [0.2, 0.25) is 0 Å². The Labute approximate surface area is 204 Å². The number of ether oxygens (including phenoxy) is 1. The van der Waals surface area contributed by atoms with Crippen molar-refractivity contribution in [1.82, 2.24) is 0 Å². The van der Waals surface area contributed by atoms with E-state index in [1.54, 1.807) is 18.4 Å². The van der Waals surface area contributed by atoms with Crippen molar-refractivity contribution in [3.8, 4) is 26.6 Å². The molecule has 1 aromatic heterocycles. The second-order valence-electron chi connectivity index (χ2n) is 10.8. The number of aryl methyl sites for hydroxylation is 1. The molecular formula is C29H30O4S. The van der Waals surface area contributed by atoms with Gasteiger partial charge in [0.25, 0.3) is 5.79 Å². The van der Waals surface area contributed by atoms with Crippen LogP contribution in [-0.2, 0) is 20.3 Å². The van der Waals surface area contributed by atoms with E-state index >= 15 is 0 Å². The Kier molecular flexibility index (Phi) is 4.60. The lowest BCUT2D eigenvalue weighted by molar-refractivity contribution is -0.645. The monoisotopic (exact) mass is 474 g/mol. The summed E-state index contributed by atoms with van der Waals surface area (Å²) in [4.78, 5) is 14.2. The first kappa shape index (κ1) is 21.1. The molecule has 1 N–H and O–H groups in total. The van der Waals surface area contributed by atoms with E-state index in [0.717, 1.165) is 27.8 Å². The summed E-state index contributed by atoms with van der Waals surface area (Å²) >= 11 is 1.69. The first-order chi connectivity index (χ1) is 16.5. The van der Waals surface area contributed by atoms with E-state index in [1.165, 1.54) is 48.1 Å². The Morgan fingerprint density at radius 2 is 1.53 bits per heavy atom. The number of phenols is 1. The number of benzene rings is 2. The molecule has 3 aromatic rings. The number of hydrogen-bond acceptors (Lipinski definition) is 5. The van der Waals surface area contributed by atoms with Gasteiger partial charge in [0.2, 0.25) is 0 Å². The first-order valence-corrected chi connectivity index (χ1v) is 13.3. The number of rotatable bonds is 4. The molecular weight excluding hydrogens is 444 g/mol. The minimum Gasteiger partial charge on any atom is -0.507 e. The summed E-state index contributed by atoms with van der Waals surface area (Å²) in [6, 6.07) is 18.7. The predicted molar refractivity (Wildman–Crippen MR) is 132 cm³/mol. The van der Waals surface area contributed by atoms with Crippen LogP contribution in [-0.4, -0.2) is 17.8 Å². The third kappa shape index (κ3) is 2.75. The van der Waals surface area contributed by atoms with Gasteiger partial charge in [0.1, 0.15) is 5.75 Å². The highest BCUT2D eigenvalue weighted by atomic mass is 32.1. The van der Waals surface area contributed by atoms with Gasteiger partial charge < -0.3 is 9.84 Å². The van der Waals surface area contributed by atoms with Gasteiger partial charge in [-0.05, 0) is 92.5 Å². The fraction of sp³-hybridized carbons (Fsp3) is 0.448. The maximum Gasteiger partial charge on any atom is 0.260 e. The molecule has 0 radical (unpaired) electrons. The first-order valence-electron chi connectivity index (χ1n) is 12.4. The van der Waals surface area contributed by atoms with E-state index in [-0.39, 0.29) is 5.75 Å². The van der Waals surface area contributed by atoms with E-state index in [9.17, 15) is 5.11 Å². The van der Waals surface area contributed by atoms with Gasteiger partial charge in [-0.15, -0.1) is 11.3 Å². The quantitative estimate of drug-likeness (QED) is 0.412. The molecule has 34 heavy (non-hydrogen) atoms. The highest BCUT2D eigenvalue weighted by Gasteiger charge is 2.76. The molecule has 4 aliphatic carbocycles. The summed E-state index contributed by atoms with van der Waals surface area (Å²) < 4.78 is 6.16. The Hall–Kier alpha value is -2.18. The lowest BCUT2D eigenvalue weighted by atomic mass is 9.47. The Balaban J connectivity index is 1.23. The van der Waals surface area contributed by atoms with Gasteiger partial charge in [0.05, 0.1) is 0 Å². The second-order valence-corrected chi connectivity index (χ2v) is 11.9. The van der Waals surface area contributed by atoms with Crippen molar-refractivity contribution >= 4 is 11.3 Å². The van der Waals surface area contributed by atoms with Gasteiger partial charge in [-0.25, -0.2) is 4.89 Å². The molecule has 1 atom stereocenters. The van der Waals surface area contributed by atoms with Crippen LogP contribution < -0.4 is 0 Å². The summed E-state index contributed by atoms with van der Waals surface area (Å²) in [5.74, 6) is 1.85. The maximum absolute atomic E-state index is 11.1. The van der Waals surface area contributed by atoms with Gasteiger partial charge in [-0.3, -0.25) is 0 Å². The van der Waals surface area contributed by atoms with Crippen LogP contribution in [0.5, 0.6) is 5.75 Å². The van der Waals surface area contributed by atoms with E-state index < -0.39 is 11.4 Å². The normalized spacial score (nSPS) is 35.6. The fourth-order valence-electron chi connectivity index (χ4n) is 7.66. The maximum atomic E-state index is 11.1. The molecule has 8 rings (SSSR count). The van der Waals surface area contributed by atoms with Crippen LogP contribution >= 0.6 is 11.3 Å². The lowest BCUT2D eigenvalue weighted by Crippen LogP contribution is -2.76. The summed E-state index contributed by atoms with van der Waals surface area (Å²) in [7, 11) is 1.72. The van der Waals surface area contributed by atoms with Crippen LogP contribution in [0.4, 0.5) is 0 Å². The van der Waals surface area contributed by atoms with Crippen molar-refractivity contribution in [3.63, 3.8) is 0 Å². The Morgan fingerprint density at radius 1 is 0.853 bits per heavy atom. The minimum atomic E-state index is -0.950. The molecule has 4 bridgehead atoms. The second kappa shape index (κ2) is 7.41. The summed E-state index contributed by atoms with van der Waals surface area (Å²) in [6.07, 6.45) is 6.17. The molecule has 176 valence electrons. The van der Waals surface area contributed by atoms with Crippen LogP contribution in [0.25, 0.3) is 20.9 Å². The number of aromatic hydroxyl groups is 1. The summed E-state index contributed by atoms with van der Waals surface area (Å²) in [5.41, 5.74) is 3.69. The van der Waals surface area contributed by atoms with Crippen molar-refractivity contribution in [2.24, 2.45) is 23.7 Å². The number of thiophene rings is 1. The third-order valence-electron chi connectivity index (χ3n) is 9.04. The van der Waals surface area contributed by atoms with Crippen molar-refractivity contribution in [2.45, 2.75) is 50.4 Å². The fourth-order valence-corrected chi connectivity index (χ4v) is 8.70. The van der Waals surface area contributed by atoms with Crippen LogP contribution in [0.1, 0.15) is 43.2 Å². The number of hydrogen-bond donors (Lipinski definition) is 1. The van der Waals surface area contributed by atoms with Crippen molar-refractivity contribution in [1.29, 1.82) is 0 Å². The molecule has 2 heterocycles. The largest absolute Gasteiger partial charge is 0.507 e. The molecule has 2 aromatic carbocycles. The molecule has 1 spiro atoms. The molecule has 1 saturated heterocycles. The summed E-state index contributed by atoms with van der Waals surface area (Å²) in [6.45, 7) is 2.10. The topological polar surface area (TPSA) is 47.9 Å². The zero-order chi connectivity index (χ0) is 23.1. The van der Waals surface area contributed by atoms with Crippen LogP contribution in [0, 0.1) is 30.6 Å². The minimum absolute atomic E-state index is 0.251. The zero-order valence-electron chi connectivity index (χ0n) is 19.6. The highest BCUT2D eigenvalue weighted by Crippen LogP contribution is 2.69. The van der Waals surface area contributed by atoms with Gasteiger partial charge in [-0.1, -0.05) is 35.9 Å². The van der Waals surface area contributed by atoms with E-state index in [0.29, 0.717) is 11.8 Å². The molecule has 4 saturated carbocycles. The zero-order valence-corrected chi connectivity index (χ0v) is 20.4. The van der Waals surface area contributed by atoms with Gasteiger partial charge >= 0.3 is 0 Å². The molecule has 1 aliphatic heterocycles. The predicted octanol–water partition coefficient (Wildman–Crippen LogP) is 7.05.